The van der Waals surface area contributed by atoms with Crippen molar-refractivity contribution in [2.45, 2.75) is 39.3 Å². The number of rotatable bonds is 5. The van der Waals surface area contributed by atoms with Gasteiger partial charge in [0.15, 0.2) is 5.96 Å². The Kier molecular flexibility index (Phi) is 6.20. The molecule has 0 spiro atoms. The fourth-order valence-corrected chi connectivity index (χ4v) is 3.05. The van der Waals surface area contributed by atoms with Gasteiger partial charge >= 0.3 is 0 Å². The van der Waals surface area contributed by atoms with E-state index >= 15 is 0 Å². The normalized spacial score (nSPS) is 12.1. The van der Waals surface area contributed by atoms with Gasteiger partial charge in [0.05, 0.1) is 19.3 Å². The summed E-state index contributed by atoms with van der Waals surface area (Å²) in [7, 11) is 3.44. The third-order valence-corrected chi connectivity index (χ3v) is 4.39. The molecule has 5 nitrogen and oxygen atoms in total. The van der Waals surface area contributed by atoms with Gasteiger partial charge in [-0.25, -0.2) is 4.98 Å². The molecule has 24 heavy (non-hydrogen) atoms. The highest BCUT2D eigenvalue weighted by Gasteiger charge is 2.17. The lowest BCUT2D eigenvalue weighted by Gasteiger charge is -2.14. The second kappa shape index (κ2) is 8.15. The van der Waals surface area contributed by atoms with E-state index in [9.17, 15) is 0 Å². The van der Waals surface area contributed by atoms with Crippen molar-refractivity contribution in [1.29, 1.82) is 0 Å². The number of hydrogen-bond donors (Lipinski definition) is 2. The van der Waals surface area contributed by atoms with Crippen molar-refractivity contribution < 1.29 is 4.74 Å². The molecule has 1 aromatic carbocycles. The molecule has 0 atom stereocenters. The molecule has 2 rings (SSSR count). The number of nitrogens with one attached hydrogen (secondary N) is 2. The second-order valence-electron chi connectivity index (χ2n) is 6.51. The third-order valence-electron chi connectivity index (χ3n) is 3.54. The maximum atomic E-state index is 5.24. The summed E-state index contributed by atoms with van der Waals surface area (Å²) in [6, 6.07) is 7.98. The van der Waals surface area contributed by atoms with Gasteiger partial charge in [0, 0.05) is 24.4 Å². The van der Waals surface area contributed by atoms with Crippen LogP contribution in [-0.4, -0.2) is 25.1 Å². The Morgan fingerprint density at radius 3 is 2.62 bits per heavy atom. The second-order valence-corrected chi connectivity index (χ2v) is 7.45. The molecule has 2 aromatic rings. The van der Waals surface area contributed by atoms with Crippen LogP contribution in [0, 0.1) is 0 Å². The fourth-order valence-electron chi connectivity index (χ4n) is 2.08. The summed E-state index contributed by atoms with van der Waals surface area (Å²) in [6.45, 7) is 7.87. The van der Waals surface area contributed by atoms with Gasteiger partial charge < -0.3 is 15.4 Å². The van der Waals surface area contributed by atoms with Crippen molar-refractivity contribution in [1.82, 2.24) is 15.6 Å². The van der Waals surface area contributed by atoms with Crippen molar-refractivity contribution in [3.05, 3.63) is 45.9 Å². The standard InChI is InChI=1S/C18H26N4OS/c1-18(2,3)15-12-24-16(22-15)11-21-17(19-4)20-10-13-7-6-8-14(9-13)23-5/h6-9,12H,10-11H2,1-5H3,(H2,19,20,21). The average Bonchev–Trinajstić information content (AvgIpc) is 3.04. The van der Waals surface area contributed by atoms with Crippen LogP contribution in [0.1, 0.15) is 37.0 Å². The van der Waals surface area contributed by atoms with Crippen LogP contribution in [-0.2, 0) is 18.5 Å². The number of hydrogen-bond acceptors (Lipinski definition) is 4. The van der Waals surface area contributed by atoms with E-state index in [-0.39, 0.29) is 5.41 Å². The largest absolute Gasteiger partial charge is 0.497 e. The summed E-state index contributed by atoms with van der Waals surface area (Å²) in [5, 5.41) is 9.80. The molecule has 0 aliphatic heterocycles. The molecule has 0 aliphatic rings. The van der Waals surface area contributed by atoms with Crippen LogP contribution in [0.2, 0.25) is 0 Å². The molecule has 0 radical (unpaired) electrons. The first-order valence-electron chi connectivity index (χ1n) is 7.94. The lowest BCUT2D eigenvalue weighted by molar-refractivity contribution is 0.414. The van der Waals surface area contributed by atoms with E-state index in [0.29, 0.717) is 13.1 Å². The first kappa shape index (κ1) is 18.3. The first-order chi connectivity index (χ1) is 11.4. The van der Waals surface area contributed by atoms with Crippen LogP contribution >= 0.6 is 11.3 Å². The van der Waals surface area contributed by atoms with E-state index in [1.807, 2.05) is 18.2 Å². The molecular formula is C18H26N4OS. The summed E-state index contributed by atoms with van der Waals surface area (Å²) in [5.74, 6) is 1.61. The lowest BCUT2D eigenvalue weighted by Crippen LogP contribution is -2.36. The van der Waals surface area contributed by atoms with Crippen molar-refractivity contribution in [2.24, 2.45) is 4.99 Å². The number of nitrogens with zero attached hydrogens (tertiary/aromatic N) is 2. The summed E-state index contributed by atoms with van der Waals surface area (Å²) in [5.41, 5.74) is 2.35. The SMILES string of the molecule is CN=C(NCc1cccc(OC)c1)NCc1nc(C(C)(C)C)cs1. The minimum absolute atomic E-state index is 0.0844. The van der Waals surface area contributed by atoms with Crippen LogP contribution in [0.25, 0.3) is 0 Å². The van der Waals surface area contributed by atoms with Crippen LogP contribution in [0.5, 0.6) is 5.75 Å². The Morgan fingerprint density at radius 1 is 1.25 bits per heavy atom. The molecule has 0 saturated heterocycles. The zero-order valence-electron chi connectivity index (χ0n) is 15.0. The summed E-state index contributed by atoms with van der Waals surface area (Å²) >= 11 is 1.68. The molecular weight excluding hydrogens is 320 g/mol. The molecule has 0 aliphatic carbocycles. The predicted octanol–water partition coefficient (Wildman–Crippen LogP) is 3.31. The monoisotopic (exact) mass is 346 g/mol. The Bertz CT molecular complexity index is 688. The molecule has 1 heterocycles. The first-order valence-corrected chi connectivity index (χ1v) is 8.82. The molecule has 2 N–H and O–H groups in total. The number of ether oxygens (including phenoxy) is 1. The van der Waals surface area contributed by atoms with Crippen LogP contribution in [0.3, 0.4) is 0 Å². The number of aromatic nitrogens is 1. The number of aliphatic imine (C=N–C) groups is 1. The fraction of sp³-hybridized carbons (Fsp3) is 0.444. The van der Waals surface area contributed by atoms with E-state index in [1.54, 1.807) is 25.5 Å². The van der Waals surface area contributed by atoms with Gasteiger partial charge in [0.1, 0.15) is 10.8 Å². The van der Waals surface area contributed by atoms with Crippen molar-refractivity contribution in [2.75, 3.05) is 14.2 Å². The van der Waals surface area contributed by atoms with E-state index in [4.69, 9.17) is 4.74 Å². The van der Waals surface area contributed by atoms with E-state index in [1.165, 1.54) is 0 Å². The van der Waals surface area contributed by atoms with Gasteiger partial charge in [-0.1, -0.05) is 32.9 Å². The van der Waals surface area contributed by atoms with Crippen molar-refractivity contribution in [3.8, 4) is 5.75 Å². The van der Waals surface area contributed by atoms with Gasteiger partial charge in [-0.15, -0.1) is 11.3 Å². The van der Waals surface area contributed by atoms with Gasteiger partial charge in [-0.3, -0.25) is 4.99 Å². The molecule has 0 unspecified atom stereocenters. The minimum Gasteiger partial charge on any atom is -0.497 e. The third kappa shape index (κ3) is 5.23. The summed E-state index contributed by atoms with van der Waals surface area (Å²) in [6.07, 6.45) is 0. The van der Waals surface area contributed by atoms with E-state index in [2.05, 4.69) is 52.8 Å². The maximum absolute atomic E-state index is 5.24. The Balaban J connectivity index is 1.87. The van der Waals surface area contributed by atoms with Gasteiger partial charge in [-0.2, -0.15) is 0 Å². The highest BCUT2D eigenvalue weighted by atomic mass is 32.1. The van der Waals surface area contributed by atoms with E-state index < -0.39 is 0 Å². The number of thiazole rings is 1. The van der Waals surface area contributed by atoms with Gasteiger partial charge in [0.25, 0.3) is 0 Å². The zero-order valence-corrected chi connectivity index (χ0v) is 15.8. The lowest BCUT2D eigenvalue weighted by atomic mass is 9.93. The van der Waals surface area contributed by atoms with Crippen molar-refractivity contribution >= 4 is 17.3 Å². The molecule has 6 heteroatoms. The Labute approximate surface area is 148 Å². The van der Waals surface area contributed by atoms with Crippen LogP contribution in [0.4, 0.5) is 0 Å². The van der Waals surface area contributed by atoms with Gasteiger partial charge in [0.2, 0.25) is 0 Å². The number of methoxy groups -OCH3 is 1. The van der Waals surface area contributed by atoms with Crippen LogP contribution < -0.4 is 15.4 Å². The number of benzene rings is 1. The summed E-state index contributed by atoms with van der Waals surface area (Å²) < 4.78 is 5.24. The molecule has 0 saturated carbocycles. The maximum Gasteiger partial charge on any atom is 0.191 e. The summed E-state index contributed by atoms with van der Waals surface area (Å²) in [4.78, 5) is 8.94. The van der Waals surface area contributed by atoms with Crippen molar-refractivity contribution in [3.63, 3.8) is 0 Å². The molecule has 0 bridgehead atoms. The van der Waals surface area contributed by atoms with E-state index in [0.717, 1.165) is 28.0 Å². The quantitative estimate of drug-likeness (QED) is 0.644. The highest BCUT2D eigenvalue weighted by molar-refractivity contribution is 7.09. The average molecular weight is 347 g/mol. The highest BCUT2D eigenvalue weighted by Crippen LogP contribution is 2.23. The van der Waals surface area contributed by atoms with Gasteiger partial charge in [-0.05, 0) is 17.7 Å². The Morgan fingerprint density at radius 2 is 2.00 bits per heavy atom. The minimum atomic E-state index is 0.0844. The molecule has 130 valence electrons. The zero-order chi connectivity index (χ0) is 17.6. The molecule has 0 fully saturated rings. The molecule has 1 aromatic heterocycles. The number of guanidine groups is 1. The Hall–Kier alpha value is -2.08. The smallest absolute Gasteiger partial charge is 0.191 e. The topological polar surface area (TPSA) is 58.5 Å². The van der Waals surface area contributed by atoms with Crippen LogP contribution in [0.15, 0.2) is 34.6 Å². The predicted molar refractivity (Wildman–Crippen MR) is 101 cm³/mol. The molecule has 0 amide bonds.